The van der Waals surface area contributed by atoms with Crippen molar-refractivity contribution in [3.05, 3.63) is 70.9 Å². The number of H-pyrrole nitrogens is 1. The van der Waals surface area contributed by atoms with E-state index in [9.17, 15) is 14.4 Å². The van der Waals surface area contributed by atoms with Gasteiger partial charge in [-0.3, -0.25) is 24.2 Å². The number of rotatable bonds is 8. The third-order valence-corrected chi connectivity index (χ3v) is 9.68. The largest absolute Gasteiger partial charge is 0.361 e. The van der Waals surface area contributed by atoms with Crippen LogP contribution in [0.1, 0.15) is 74.2 Å². The Kier molecular flexibility index (Phi) is 8.97. The number of fused-ring (bicyclic) bond motifs is 1. The maximum absolute atomic E-state index is 14.9. The quantitative estimate of drug-likeness (QED) is 0.382. The van der Waals surface area contributed by atoms with Gasteiger partial charge in [-0.05, 0) is 87.9 Å². The Balaban J connectivity index is 1.56. The van der Waals surface area contributed by atoms with E-state index in [0.29, 0.717) is 24.7 Å². The molecule has 8 nitrogen and oxygen atoms in total. The molecule has 3 aromatic rings. The minimum Gasteiger partial charge on any atom is -0.361 e. The van der Waals surface area contributed by atoms with Gasteiger partial charge in [-0.2, -0.15) is 0 Å². The molecule has 2 aliphatic heterocycles. The van der Waals surface area contributed by atoms with Gasteiger partial charge in [0, 0.05) is 43.2 Å². The molecular formula is C34H45N5O3. The molecule has 0 spiro atoms. The number of ketones is 1. The fourth-order valence-corrected chi connectivity index (χ4v) is 7.12. The van der Waals surface area contributed by atoms with Gasteiger partial charge in [0.25, 0.3) is 5.91 Å². The summed E-state index contributed by atoms with van der Waals surface area (Å²) in [4.78, 5) is 51.2. The van der Waals surface area contributed by atoms with E-state index >= 15 is 0 Å². The standard InChI is InChI=1S/C34H45N5O3/c1-23-12-13-27(20-24(23)2)22-39(26(4)41)33(42)34(25(3)40,32(35)30-21-36-31-11-7-6-10-29(30)31)38-18-14-28(15-19-38)37-16-8-5-9-17-37/h6-7,10-13,20-21,28,32,36H,5,8-9,14-19,22,35H2,1-4H3. The van der Waals surface area contributed by atoms with Crippen molar-refractivity contribution < 1.29 is 14.4 Å². The van der Waals surface area contributed by atoms with Gasteiger partial charge in [-0.25, -0.2) is 0 Å². The molecule has 0 radical (unpaired) electrons. The molecule has 2 amide bonds. The van der Waals surface area contributed by atoms with Crippen LogP contribution in [-0.4, -0.2) is 75.0 Å². The van der Waals surface area contributed by atoms with E-state index in [2.05, 4.69) is 9.88 Å². The number of aromatic amines is 1. The van der Waals surface area contributed by atoms with Gasteiger partial charge < -0.3 is 15.6 Å². The number of nitrogens with zero attached hydrogens (tertiary/aromatic N) is 3. The van der Waals surface area contributed by atoms with E-state index in [-0.39, 0.29) is 12.3 Å². The molecule has 2 atom stereocenters. The zero-order valence-electron chi connectivity index (χ0n) is 25.5. The predicted octanol–water partition coefficient (Wildman–Crippen LogP) is 4.64. The van der Waals surface area contributed by atoms with Crippen LogP contribution in [-0.2, 0) is 20.9 Å². The van der Waals surface area contributed by atoms with Crippen molar-refractivity contribution in [2.45, 2.75) is 84.0 Å². The number of para-hydroxylation sites is 1. The molecule has 3 heterocycles. The summed E-state index contributed by atoms with van der Waals surface area (Å²) in [5, 5.41) is 0.871. The Labute approximate surface area is 249 Å². The highest BCUT2D eigenvalue weighted by atomic mass is 16.2. The Morgan fingerprint density at radius 3 is 2.31 bits per heavy atom. The van der Waals surface area contributed by atoms with Crippen molar-refractivity contribution in [1.82, 2.24) is 19.7 Å². The van der Waals surface area contributed by atoms with Crippen LogP contribution >= 0.6 is 0 Å². The molecular weight excluding hydrogens is 526 g/mol. The number of likely N-dealkylation sites (tertiary alicyclic amines) is 2. The maximum Gasteiger partial charge on any atom is 0.259 e. The third-order valence-electron chi connectivity index (χ3n) is 9.68. The molecule has 2 fully saturated rings. The lowest BCUT2D eigenvalue weighted by molar-refractivity contribution is -0.160. The molecule has 0 aliphatic carbocycles. The number of nitrogens with two attached hydrogens (primary N) is 1. The third kappa shape index (κ3) is 5.55. The first-order chi connectivity index (χ1) is 20.1. The summed E-state index contributed by atoms with van der Waals surface area (Å²) in [6.07, 6.45) is 7.21. The average Bonchev–Trinajstić information content (AvgIpc) is 3.42. The van der Waals surface area contributed by atoms with Crippen molar-refractivity contribution in [3.63, 3.8) is 0 Å². The van der Waals surface area contributed by atoms with E-state index in [1.807, 2.05) is 67.4 Å². The minimum atomic E-state index is -1.73. The van der Waals surface area contributed by atoms with Crippen LogP contribution in [0, 0.1) is 13.8 Å². The zero-order chi connectivity index (χ0) is 30.0. The molecule has 5 rings (SSSR count). The van der Waals surface area contributed by atoms with Crippen LogP contribution in [0.15, 0.2) is 48.7 Å². The SMILES string of the molecule is CC(=O)N(Cc1ccc(C)c(C)c1)C(=O)C(C(C)=O)(C(N)c1c[nH]c2ccccc12)N1CCC(N2CCCCC2)CC1. The average molecular weight is 572 g/mol. The first-order valence-electron chi connectivity index (χ1n) is 15.3. The van der Waals surface area contributed by atoms with Gasteiger partial charge in [-0.15, -0.1) is 0 Å². The fraction of sp³-hybridized carbons (Fsp3) is 0.500. The number of piperidine rings is 2. The van der Waals surface area contributed by atoms with Crippen LogP contribution in [0.3, 0.4) is 0 Å². The van der Waals surface area contributed by atoms with Gasteiger partial charge >= 0.3 is 0 Å². The number of nitrogens with one attached hydrogen (secondary N) is 1. The van der Waals surface area contributed by atoms with E-state index in [1.54, 1.807) is 0 Å². The number of amides is 2. The molecule has 8 heteroatoms. The summed E-state index contributed by atoms with van der Waals surface area (Å²) >= 11 is 0. The molecule has 2 saturated heterocycles. The van der Waals surface area contributed by atoms with Crippen LogP contribution in [0.25, 0.3) is 10.9 Å². The Morgan fingerprint density at radius 2 is 1.67 bits per heavy atom. The van der Waals surface area contributed by atoms with Gasteiger partial charge in [0.15, 0.2) is 11.3 Å². The number of aromatic nitrogens is 1. The van der Waals surface area contributed by atoms with Crippen LogP contribution in [0.2, 0.25) is 0 Å². The Bertz CT molecular complexity index is 1450. The lowest BCUT2D eigenvalue weighted by Gasteiger charge is -2.50. The molecule has 224 valence electrons. The number of benzene rings is 2. The molecule has 42 heavy (non-hydrogen) atoms. The van der Waals surface area contributed by atoms with Crippen molar-refractivity contribution in [2.75, 3.05) is 26.2 Å². The monoisotopic (exact) mass is 571 g/mol. The smallest absolute Gasteiger partial charge is 0.259 e. The van der Waals surface area contributed by atoms with E-state index in [4.69, 9.17) is 5.73 Å². The summed E-state index contributed by atoms with van der Waals surface area (Å²) in [6.45, 7) is 10.3. The lowest BCUT2D eigenvalue weighted by Crippen LogP contribution is -2.70. The number of imide groups is 1. The molecule has 1 aromatic heterocycles. The molecule has 2 unspecified atom stereocenters. The fourth-order valence-electron chi connectivity index (χ4n) is 7.12. The van der Waals surface area contributed by atoms with E-state index in [1.165, 1.54) is 38.0 Å². The molecule has 0 bridgehead atoms. The first-order valence-corrected chi connectivity index (χ1v) is 15.3. The minimum absolute atomic E-state index is 0.0785. The van der Waals surface area contributed by atoms with Crippen LogP contribution in [0.4, 0.5) is 0 Å². The summed E-state index contributed by atoms with van der Waals surface area (Å²) in [5.74, 6) is -1.29. The maximum atomic E-state index is 14.9. The Hall–Kier alpha value is -3.33. The number of hydrogen-bond donors (Lipinski definition) is 2. The zero-order valence-corrected chi connectivity index (χ0v) is 25.5. The van der Waals surface area contributed by atoms with Crippen LogP contribution in [0.5, 0.6) is 0 Å². The summed E-state index contributed by atoms with van der Waals surface area (Å²) in [6, 6.07) is 13.1. The normalized spacial score (nSPS) is 19.4. The number of aryl methyl sites for hydroxylation is 2. The second-order valence-corrected chi connectivity index (χ2v) is 12.2. The van der Waals surface area contributed by atoms with Crippen LogP contribution < -0.4 is 5.73 Å². The topological polar surface area (TPSA) is 103 Å². The second kappa shape index (κ2) is 12.5. The highest BCUT2D eigenvalue weighted by Crippen LogP contribution is 2.39. The highest BCUT2D eigenvalue weighted by Gasteiger charge is 2.57. The molecule has 2 aliphatic rings. The Morgan fingerprint density at radius 1 is 0.976 bits per heavy atom. The molecule has 3 N–H and O–H groups in total. The van der Waals surface area contributed by atoms with Crippen molar-refractivity contribution in [2.24, 2.45) is 5.73 Å². The summed E-state index contributed by atoms with van der Waals surface area (Å²) in [5.41, 5.74) is 10.0. The summed E-state index contributed by atoms with van der Waals surface area (Å²) in [7, 11) is 0. The van der Waals surface area contributed by atoms with E-state index in [0.717, 1.165) is 53.5 Å². The first kappa shape index (κ1) is 30.1. The van der Waals surface area contributed by atoms with Gasteiger partial charge in [0.1, 0.15) is 0 Å². The van der Waals surface area contributed by atoms with Crippen molar-refractivity contribution >= 4 is 28.5 Å². The number of carbonyl (C=O) groups excluding carboxylic acids is 3. The number of Topliss-reactive ketones (excluding diaryl/α,β-unsaturated/α-hetero) is 1. The van der Waals surface area contributed by atoms with Crippen molar-refractivity contribution in [1.29, 1.82) is 0 Å². The molecule has 0 saturated carbocycles. The van der Waals surface area contributed by atoms with E-state index < -0.39 is 23.4 Å². The number of hydrogen-bond acceptors (Lipinski definition) is 6. The van der Waals surface area contributed by atoms with Gasteiger partial charge in [0.2, 0.25) is 5.91 Å². The predicted molar refractivity (Wildman–Crippen MR) is 166 cm³/mol. The van der Waals surface area contributed by atoms with Crippen molar-refractivity contribution in [3.8, 4) is 0 Å². The second-order valence-electron chi connectivity index (χ2n) is 12.2. The van der Waals surface area contributed by atoms with Gasteiger partial charge in [0.05, 0.1) is 12.6 Å². The van der Waals surface area contributed by atoms with Gasteiger partial charge in [-0.1, -0.05) is 42.8 Å². The highest BCUT2D eigenvalue weighted by molar-refractivity contribution is 6.15. The summed E-state index contributed by atoms with van der Waals surface area (Å²) < 4.78 is 0. The molecule has 2 aromatic carbocycles. The lowest BCUT2D eigenvalue weighted by atomic mass is 9.77. The number of carbonyl (C=O) groups is 3.